The molecule has 0 aromatic heterocycles. The van der Waals surface area contributed by atoms with Crippen LogP contribution in [-0.4, -0.2) is 10.9 Å². The zero-order valence-corrected chi connectivity index (χ0v) is 11.2. The van der Waals surface area contributed by atoms with Crippen molar-refractivity contribution in [3.8, 4) is 5.75 Å². The SMILES string of the molecule is Cc1ccc(/C=C/C(=O)c2ccc(O)cc2)c(Cl)c1. The quantitative estimate of drug-likeness (QED) is 0.670. The lowest BCUT2D eigenvalue weighted by Gasteiger charge is -2.00. The molecule has 0 radical (unpaired) electrons. The third-order valence-electron chi connectivity index (χ3n) is 2.72. The van der Waals surface area contributed by atoms with Crippen molar-refractivity contribution in [1.29, 1.82) is 0 Å². The zero-order valence-electron chi connectivity index (χ0n) is 10.4. The van der Waals surface area contributed by atoms with Gasteiger partial charge in [-0.15, -0.1) is 0 Å². The van der Waals surface area contributed by atoms with Gasteiger partial charge in [-0.2, -0.15) is 0 Å². The van der Waals surface area contributed by atoms with Gasteiger partial charge < -0.3 is 5.11 Å². The molecular weight excluding hydrogens is 260 g/mol. The highest BCUT2D eigenvalue weighted by atomic mass is 35.5. The molecule has 0 unspecified atom stereocenters. The van der Waals surface area contributed by atoms with E-state index in [1.165, 1.54) is 18.2 Å². The molecule has 0 aliphatic carbocycles. The summed E-state index contributed by atoms with van der Waals surface area (Å²) in [5.74, 6) is 0.0127. The monoisotopic (exact) mass is 272 g/mol. The summed E-state index contributed by atoms with van der Waals surface area (Å²) in [6, 6.07) is 11.8. The first-order chi connectivity index (χ1) is 9.06. The van der Waals surface area contributed by atoms with Gasteiger partial charge in [0.1, 0.15) is 5.75 Å². The van der Waals surface area contributed by atoms with Crippen molar-refractivity contribution in [2.75, 3.05) is 0 Å². The molecule has 0 aliphatic rings. The summed E-state index contributed by atoms with van der Waals surface area (Å²) in [4.78, 5) is 11.9. The number of allylic oxidation sites excluding steroid dienone is 1. The number of carbonyl (C=O) groups is 1. The summed E-state index contributed by atoms with van der Waals surface area (Å²) in [5, 5.41) is 9.78. The molecule has 0 saturated heterocycles. The van der Waals surface area contributed by atoms with E-state index in [4.69, 9.17) is 16.7 Å². The largest absolute Gasteiger partial charge is 0.508 e. The van der Waals surface area contributed by atoms with Crippen LogP contribution in [0.4, 0.5) is 0 Å². The number of aryl methyl sites for hydroxylation is 1. The summed E-state index contributed by atoms with van der Waals surface area (Å²) in [7, 11) is 0. The maximum absolute atomic E-state index is 11.9. The third-order valence-corrected chi connectivity index (χ3v) is 3.05. The topological polar surface area (TPSA) is 37.3 Å². The van der Waals surface area contributed by atoms with Crippen LogP contribution in [0.25, 0.3) is 6.08 Å². The number of phenols is 1. The molecule has 0 spiro atoms. The Labute approximate surface area is 117 Å². The Morgan fingerprint density at radius 2 is 1.84 bits per heavy atom. The first-order valence-corrected chi connectivity index (χ1v) is 6.21. The smallest absolute Gasteiger partial charge is 0.185 e. The fraction of sp³-hybridized carbons (Fsp3) is 0.0625. The second-order valence-corrected chi connectivity index (χ2v) is 4.68. The van der Waals surface area contributed by atoms with E-state index in [1.54, 1.807) is 18.2 Å². The van der Waals surface area contributed by atoms with Gasteiger partial charge in [0.15, 0.2) is 5.78 Å². The van der Waals surface area contributed by atoms with Crippen LogP contribution in [0.5, 0.6) is 5.75 Å². The van der Waals surface area contributed by atoms with E-state index in [9.17, 15) is 4.79 Å². The number of carbonyl (C=O) groups excluding carboxylic acids is 1. The van der Waals surface area contributed by atoms with Gasteiger partial charge in [-0.1, -0.05) is 23.7 Å². The van der Waals surface area contributed by atoms with Crippen LogP contribution in [0.2, 0.25) is 5.02 Å². The van der Waals surface area contributed by atoms with Crippen LogP contribution in [0.1, 0.15) is 21.5 Å². The first kappa shape index (κ1) is 13.4. The Kier molecular flexibility index (Phi) is 4.03. The molecule has 0 heterocycles. The van der Waals surface area contributed by atoms with Gasteiger partial charge in [0.2, 0.25) is 0 Å². The highest BCUT2D eigenvalue weighted by molar-refractivity contribution is 6.32. The number of rotatable bonds is 3. The summed E-state index contributed by atoms with van der Waals surface area (Å²) in [6.45, 7) is 1.96. The maximum Gasteiger partial charge on any atom is 0.185 e. The number of ketones is 1. The van der Waals surface area contributed by atoms with Crippen molar-refractivity contribution in [1.82, 2.24) is 0 Å². The second-order valence-electron chi connectivity index (χ2n) is 4.27. The van der Waals surface area contributed by atoms with Gasteiger partial charge in [-0.05, 0) is 60.5 Å². The van der Waals surface area contributed by atoms with Crippen LogP contribution in [-0.2, 0) is 0 Å². The fourth-order valence-corrected chi connectivity index (χ4v) is 1.95. The molecule has 1 N–H and O–H groups in total. The highest BCUT2D eigenvalue weighted by Gasteiger charge is 2.02. The average molecular weight is 273 g/mol. The summed E-state index contributed by atoms with van der Waals surface area (Å²) in [6.07, 6.45) is 3.17. The van der Waals surface area contributed by atoms with Crippen LogP contribution >= 0.6 is 11.6 Å². The van der Waals surface area contributed by atoms with Gasteiger partial charge in [0.05, 0.1) is 0 Å². The van der Waals surface area contributed by atoms with Crippen molar-refractivity contribution in [3.05, 3.63) is 70.3 Å². The maximum atomic E-state index is 11.9. The van der Waals surface area contributed by atoms with Gasteiger partial charge in [-0.3, -0.25) is 4.79 Å². The Hall–Kier alpha value is -2.06. The van der Waals surface area contributed by atoms with Crippen LogP contribution in [0.3, 0.4) is 0 Å². The first-order valence-electron chi connectivity index (χ1n) is 5.84. The molecular formula is C16H13ClO2. The molecule has 96 valence electrons. The molecule has 0 amide bonds. The number of hydrogen-bond acceptors (Lipinski definition) is 2. The zero-order chi connectivity index (χ0) is 13.8. The minimum atomic E-state index is -0.128. The molecule has 19 heavy (non-hydrogen) atoms. The normalized spacial score (nSPS) is 10.8. The fourth-order valence-electron chi connectivity index (χ4n) is 1.65. The molecule has 0 aliphatic heterocycles. The number of benzene rings is 2. The summed E-state index contributed by atoms with van der Waals surface area (Å²) < 4.78 is 0. The standard InChI is InChI=1S/C16H13ClO2/c1-11-2-3-12(15(17)10-11)6-9-16(19)13-4-7-14(18)8-5-13/h2-10,18H,1H3/b9-6+. The van der Waals surface area contributed by atoms with Crippen molar-refractivity contribution < 1.29 is 9.90 Å². The highest BCUT2D eigenvalue weighted by Crippen LogP contribution is 2.19. The Morgan fingerprint density at radius 3 is 2.47 bits per heavy atom. The molecule has 0 fully saturated rings. The number of hydrogen-bond donors (Lipinski definition) is 1. The average Bonchev–Trinajstić information content (AvgIpc) is 2.38. The van der Waals surface area contributed by atoms with Gasteiger partial charge >= 0.3 is 0 Å². The molecule has 2 nitrogen and oxygen atoms in total. The Morgan fingerprint density at radius 1 is 1.16 bits per heavy atom. The third kappa shape index (κ3) is 3.46. The van der Waals surface area contributed by atoms with E-state index in [-0.39, 0.29) is 11.5 Å². The van der Waals surface area contributed by atoms with E-state index in [2.05, 4.69) is 0 Å². The lowest BCUT2D eigenvalue weighted by molar-refractivity contribution is 0.104. The molecule has 2 aromatic rings. The minimum absolute atomic E-state index is 0.128. The Bertz CT molecular complexity index is 628. The molecule has 2 rings (SSSR count). The van der Waals surface area contributed by atoms with E-state index in [0.29, 0.717) is 10.6 Å². The van der Waals surface area contributed by atoms with E-state index >= 15 is 0 Å². The number of halogens is 1. The predicted molar refractivity (Wildman–Crippen MR) is 77.7 cm³/mol. The second kappa shape index (κ2) is 5.72. The van der Waals surface area contributed by atoms with Crippen LogP contribution in [0.15, 0.2) is 48.5 Å². The molecule has 0 saturated carbocycles. The molecule has 3 heteroatoms. The lowest BCUT2D eigenvalue weighted by atomic mass is 10.1. The minimum Gasteiger partial charge on any atom is -0.508 e. The van der Waals surface area contributed by atoms with E-state index in [1.807, 2.05) is 25.1 Å². The van der Waals surface area contributed by atoms with Crippen LogP contribution in [0, 0.1) is 6.92 Å². The van der Waals surface area contributed by atoms with Gasteiger partial charge in [0.25, 0.3) is 0 Å². The Balaban J connectivity index is 2.18. The lowest BCUT2D eigenvalue weighted by Crippen LogP contribution is -1.93. The molecule has 2 aromatic carbocycles. The van der Waals surface area contributed by atoms with Gasteiger partial charge in [0, 0.05) is 10.6 Å². The molecule has 0 bridgehead atoms. The number of aromatic hydroxyl groups is 1. The summed E-state index contributed by atoms with van der Waals surface area (Å²) >= 11 is 6.08. The summed E-state index contributed by atoms with van der Waals surface area (Å²) in [5.41, 5.74) is 2.41. The van der Waals surface area contributed by atoms with E-state index < -0.39 is 0 Å². The van der Waals surface area contributed by atoms with Crippen molar-refractivity contribution >= 4 is 23.5 Å². The number of phenolic OH excluding ortho intramolecular Hbond substituents is 1. The van der Waals surface area contributed by atoms with Crippen molar-refractivity contribution in [2.24, 2.45) is 0 Å². The van der Waals surface area contributed by atoms with Crippen molar-refractivity contribution in [3.63, 3.8) is 0 Å². The van der Waals surface area contributed by atoms with Gasteiger partial charge in [-0.25, -0.2) is 0 Å². The molecule has 0 atom stereocenters. The predicted octanol–water partition coefficient (Wildman–Crippen LogP) is 4.25. The van der Waals surface area contributed by atoms with E-state index in [0.717, 1.165) is 11.1 Å². The van der Waals surface area contributed by atoms with Crippen molar-refractivity contribution in [2.45, 2.75) is 6.92 Å². The van der Waals surface area contributed by atoms with Crippen LogP contribution < -0.4 is 0 Å².